The molecule has 2 N–H and O–H groups in total. The number of hydrogen-bond donors (Lipinski definition) is 2. The minimum atomic E-state index is 0.666. The zero-order valence-electron chi connectivity index (χ0n) is 7.21. The lowest BCUT2D eigenvalue weighted by Crippen LogP contribution is -2.35. The van der Waals surface area contributed by atoms with Gasteiger partial charge in [0.25, 0.3) is 0 Å². The third kappa shape index (κ3) is 1.85. The fourth-order valence-electron chi connectivity index (χ4n) is 1.76. The lowest BCUT2D eigenvalue weighted by molar-refractivity contribution is 0.397. The molecule has 0 unspecified atom stereocenters. The van der Waals surface area contributed by atoms with Crippen molar-refractivity contribution in [2.75, 3.05) is 6.54 Å². The molecular weight excluding hydrogens is 150 g/mol. The minimum Gasteiger partial charge on any atom is -0.348 e. The maximum Gasteiger partial charge on any atom is 0.0921 e. The van der Waals surface area contributed by atoms with Gasteiger partial charge in [0.2, 0.25) is 0 Å². The summed E-state index contributed by atoms with van der Waals surface area (Å²) in [6, 6.07) is 0.666. The lowest BCUT2D eigenvalue weighted by Gasteiger charge is -2.22. The van der Waals surface area contributed by atoms with Crippen LogP contribution in [0.5, 0.6) is 0 Å². The van der Waals surface area contributed by atoms with Crippen LogP contribution in [0.1, 0.15) is 25.0 Å². The van der Waals surface area contributed by atoms with E-state index in [1.165, 1.54) is 31.5 Å². The first kappa shape index (κ1) is 7.80. The third-order valence-electron chi connectivity index (χ3n) is 2.43. The molecule has 0 bridgehead atoms. The summed E-state index contributed by atoms with van der Waals surface area (Å²) in [7, 11) is 0. The highest BCUT2D eigenvalue weighted by Gasteiger charge is 2.12. The monoisotopic (exact) mass is 165 g/mol. The number of rotatable bonds is 2. The first-order valence-electron chi connectivity index (χ1n) is 4.66. The topological polar surface area (TPSA) is 40.7 Å². The molecule has 1 aromatic rings. The van der Waals surface area contributed by atoms with Crippen LogP contribution in [-0.4, -0.2) is 22.6 Å². The summed E-state index contributed by atoms with van der Waals surface area (Å²) in [5, 5.41) is 3.51. The summed E-state index contributed by atoms with van der Waals surface area (Å²) in [5.41, 5.74) is 1.24. The van der Waals surface area contributed by atoms with Crippen LogP contribution in [0.25, 0.3) is 0 Å². The summed E-state index contributed by atoms with van der Waals surface area (Å²) in [5.74, 6) is 0. The van der Waals surface area contributed by atoms with Gasteiger partial charge in [-0.1, -0.05) is 6.42 Å². The van der Waals surface area contributed by atoms with Crippen molar-refractivity contribution in [3.8, 4) is 0 Å². The molecule has 1 saturated heterocycles. The average molecular weight is 165 g/mol. The van der Waals surface area contributed by atoms with E-state index in [2.05, 4.69) is 15.3 Å². The number of hydrogen-bond acceptors (Lipinski definition) is 2. The second kappa shape index (κ2) is 3.72. The van der Waals surface area contributed by atoms with Gasteiger partial charge in [-0.25, -0.2) is 4.98 Å². The predicted octanol–water partition coefficient (Wildman–Crippen LogP) is 1.09. The molecule has 12 heavy (non-hydrogen) atoms. The van der Waals surface area contributed by atoms with Gasteiger partial charge in [0.15, 0.2) is 0 Å². The fourth-order valence-corrected chi connectivity index (χ4v) is 1.76. The number of imidazole rings is 1. The molecule has 0 radical (unpaired) electrons. The van der Waals surface area contributed by atoms with Crippen molar-refractivity contribution in [1.29, 1.82) is 0 Å². The van der Waals surface area contributed by atoms with Gasteiger partial charge in [0, 0.05) is 24.4 Å². The molecule has 0 spiro atoms. The van der Waals surface area contributed by atoms with Crippen molar-refractivity contribution in [2.24, 2.45) is 0 Å². The van der Waals surface area contributed by atoms with E-state index in [4.69, 9.17) is 0 Å². The lowest BCUT2D eigenvalue weighted by atomic mass is 10.0. The molecule has 0 amide bonds. The second-order valence-electron chi connectivity index (χ2n) is 3.43. The van der Waals surface area contributed by atoms with E-state index >= 15 is 0 Å². The molecule has 3 nitrogen and oxygen atoms in total. The van der Waals surface area contributed by atoms with E-state index in [0.29, 0.717) is 6.04 Å². The van der Waals surface area contributed by atoms with Crippen LogP contribution in [0.3, 0.4) is 0 Å². The normalized spacial score (nSPS) is 24.2. The average Bonchev–Trinajstić information content (AvgIpc) is 2.59. The van der Waals surface area contributed by atoms with Gasteiger partial charge in [0.05, 0.1) is 6.33 Å². The zero-order valence-corrected chi connectivity index (χ0v) is 7.21. The van der Waals surface area contributed by atoms with Gasteiger partial charge < -0.3 is 10.3 Å². The number of H-pyrrole nitrogens is 1. The number of aromatic nitrogens is 2. The highest BCUT2D eigenvalue weighted by Crippen LogP contribution is 2.10. The van der Waals surface area contributed by atoms with E-state index < -0.39 is 0 Å². The second-order valence-corrected chi connectivity index (χ2v) is 3.43. The van der Waals surface area contributed by atoms with Crippen LogP contribution in [0.2, 0.25) is 0 Å². The van der Waals surface area contributed by atoms with Crippen LogP contribution >= 0.6 is 0 Å². The largest absolute Gasteiger partial charge is 0.348 e. The standard InChI is InChI=1S/C9H15N3/c1-2-4-11-8(3-1)5-9-6-10-7-12-9/h6-8,11H,1-5H2,(H,10,12)/t8-/m1/s1. The molecule has 1 aliphatic rings. The molecule has 0 saturated carbocycles. The SMILES string of the molecule is c1ncc(C[C@H]2CCCCN2)[nH]1. The Bertz CT molecular complexity index is 212. The van der Waals surface area contributed by atoms with Gasteiger partial charge in [0.1, 0.15) is 0 Å². The summed E-state index contributed by atoms with van der Waals surface area (Å²) >= 11 is 0. The zero-order chi connectivity index (χ0) is 8.23. The molecule has 1 aliphatic heterocycles. The molecule has 2 heterocycles. The Kier molecular flexibility index (Phi) is 2.42. The molecule has 0 aliphatic carbocycles. The van der Waals surface area contributed by atoms with Crippen molar-refractivity contribution in [3.05, 3.63) is 18.2 Å². The highest BCUT2D eigenvalue weighted by atomic mass is 14.9. The summed E-state index contributed by atoms with van der Waals surface area (Å²) in [6.07, 6.45) is 8.76. The Balaban J connectivity index is 1.86. The van der Waals surface area contributed by atoms with Crippen LogP contribution in [0, 0.1) is 0 Å². The smallest absolute Gasteiger partial charge is 0.0921 e. The van der Waals surface area contributed by atoms with Crippen molar-refractivity contribution in [2.45, 2.75) is 31.7 Å². The first-order valence-corrected chi connectivity index (χ1v) is 4.66. The van der Waals surface area contributed by atoms with E-state index in [9.17, 15) is 0 Å². The van der Waals surface area contributed by atoms with Crippen molar-refractivity contribution < 1.29 is 0 Å². The number of piperidine rings is 1. The van der Waals surface area contributed by atoms with Gasteiger partial charge in [-0.05, 0) is 19.4 Å². The Morgan fingerprint density at radius 1 is 1.50 bits per heavy atom. The number of aromatic amines is 1. The van der Waals surface area contributed by atoms with Crippen LogP contribution in [0.4, 0.5) is 0 Å². The van der Waals surface area contributed by atoms with E-state index in [1.807, 2.05) is 6.20 Å². The molecule has 1 aromatic heterocycles. The van der Waals surface area contributed by atoms with Gasteiger partial charge in [-0.15, -0.1) is 0 Å². The predicted molar refractivity (Wildman–Crippen MR) is 47.9 cm³/mol. The van der Waals surface area contributed by atoms with Crippen LogP contribution in [-0.2, 0) is 6.42 Å². The molecule has 1 fully saturated rings. The van der Waals surface area contributed by atoms with Crippen molar-refractivity contribution >= 4 is 0 Å². The van der Waals surface area contributed by atoms with Crippen molar-refractivity contribution in [1.82, 2.24) is 15.3 Å². The van der Waals surface area contributed by atoms with Gasteiger partial charge in [-0.3, -0.25) is 0 Å². The highest BCUT2D eigenvalue weighted by molar-refractivity contribution is 4.97. The van der Waals surface area contributed by atoms with Crippen molar-refractivity contribution in [3.63, 3.8) is 0 Å². The maximum atomic E-state index is 4.00. The Morgan fingerprint density at radius 3 is 3.17 bits per heavy atom. The van der Waals surface area contributed by atoms with E-state index in [-0.39, 0.29) is 0 Å². The molecule has 1 atom stereocenters. The number of nitrogens with one attached hydrogen (secondary N) is 2. The van der Waals surface area contributed by atoms with Gasteiger partial charge >= 0.3 is 0 Å². The Hall–Kier alpha value is -0.830. The molecule has 2 rings (SSSR count). The summed E-state index contributed by atoms with van der Waals surface area (Å²) < 4.78 is 0. The Labute approximate surface area is 72.6 Å². The third-order valence-corrected chi connectivity index (χ3v) is 2.43. The summed E-state index contributed by atoms with van der Waals surface area (Å²) in [6.45, 7) is 1.18. The fraction of sp³-hybridized carbons (Fsp3) is 0.667. The van der Waals surface area contributed by atoms with E-state index in [0.717, 1.165) is 6.42 Å². The number of nitrogens with zero attached hydrogens (tertiary/aromatic N) is 1. The molecular formula is C9H15N3. The summed E-state index contributed by atoms with van der Waals surface area (Å²) in [4.78, 5) is 7.14. The molecule has 3 heteroatoms. The Morgan fingerprint density at radius 2 is 2.50 bits per heavy atom. The maximum absolute atomic E-state index is 4.00. The van der Waals surface area contributed by atoms with Crippen LogP contribution < -0.4 is 5.32 Å². The first-order chi connectivity index (χ1) is 5.95. The molecule has 0 aromatic carbocycles. The van der Waals surface area contributed by atoms with Crippen LogP contribution in [0.15, 0.2) is 12.5 Å². The minimum absolute atomic E-state index is 0.666. The van der Waals surface area contributed by atoms with Gasteiger partial charge in [-0.2, -0.15) is 0 Å². The quantitative estimate of drug-likeness (QED) is 0.688. The van der Waals surface area contributed by atoms with E-state index in [1.54, 1.807) is 6.33 Å². The molecule has 66 valence electrons.